The largest absolute Gasteiger partial charge is 0.493 e. The summed E-state index contributed by atoms with van der Waals surface area (Å²) in [6.07, 6.45) is 0. The van der Waals surface area contributed by atoms with Crippen LogP contribution in [0.25, 0.3) is 0 Å². The number of methoxy groups -OCH3 is 1. The van der Waals surface area contributed by atoms with Gasteiger partial charge in [-0.1, -0.05) is 15.9 Å². The van der Waals surface area contributed by atoms with Gasteiger partial charge in [0, 0.05) is 22.8 Å². The van der Waals surface area contributed by atoms with Crippen LogP contribution in [-0.2, 0) is 4.79 Å². The Morgan fingerprint density at radius 3 is 2.42 bits per heavy atom. The first-order valence-corrected chi connectivity index (χ1v) is 7.91. The fourth-order valence-corrected chi connectivity index (χ4v) is 2.21. The van der Waals surface area contributed by atoms with Crippen LogP contribution in [0, 0.1) is 0 Å². The number of hydrogen-bond donors (Lipinski definition) is 2. The zero-order chi connectivity index (χ0) is 17.5. The fraction of sp³-hybridized carbons (Fsp3) is 0.176. The molecular weight excluding hydrogens is 376 g/mol. The Balaban J connectivity index is 2.03. The number of carbonyl (C=O) groups is 2. The van der Waals surface area contributed by atoms with E-state index < -0.39 is 0 Å². The molecule has 0 radical (unpaired) electrons. The van der Waals surface area contributed by atoms with Crippen LogP contribution in [0.4, 0.5) is 5.69 Å². The summed E-state index contributed by atoms with van der Waals surface area (Å²) in [6.45, 7) is -0.205. The molecule has 0 aliphatic rings. The Morgan fingerprint density at radius 2 is 1.79 bits per heavy atom. The molecule has 2 N–H and O–H groups in total. The molecule has 2 amide bonds. The van der Waals surface area contributed by atoms with E-state index in [1.54, 1.807) is 31.3 Å². The summed E-state index contributed by atoms with van der Waals surface area (Å²) < 4.78 is 11.6. The molecule has 2 aromatic carbocycles. The summed E-state index contributed by atoms with van der Waals surface area (Å²) in [5, 5.41) is 5.25. The third-order valence-electron chi connectivity index (χ3n) is 3.14. The lowest BCUT2D eigenvalue weighted by molar-refractivity contribution is -0.118. The number of halogens is 1. The summed E-state index contributed by atoms with van der Waals surface area (Å²) in [6, 6.07) is 12.0. The number of rotatable bonds is 6. The van der Waals surface area contributed by atoms with Gasteiger partial charge in [0.15, 0.2) is 18.1 Å². The van der Waals surface area contributed by atoms with Gasteiger partial charge in [-0.15, -0.1) is 0 Å². The molecule has 7 heteroatoms. The number of benzene rings is 2. The van der Waals surface area contributed by atoms with E-state index in [-0.39, 0.29) is 18.4 Å². The van der Waals surface area contributed by atoms with Crippen LogP contribution in [0.5, 0.6) is 11.5 Å². The van der Waals surface area contributed by atoms with Crippen molar-refractivity contribution in [3.63, 3.8) is 0 Å². The van der Waals surface area contributed by atoms with Crippen LogP contribution in [0.1, 0.15) is 10.4 Å². The lowest BCUT2D eigenvalue weighted by Gasteiger charge is -2.12. The molecule has 0 heterocycles. The first kappa shape index (κ1) is 17.8. The minimum absolute atomic E-state index is 0.205. The molecule has 24 heavy (non-hydrogen) atoms. The zero-order valence-corrected chi connectivity index (χ0v) is 14.8. The van der Waals surface area contributed by atoms with E-state index in [0.29, 0.717) is 22.7 Å². The lowest BCUT2D eigenvalue weighted by atomic mass is 10.2. The quantitative estimate of drug-likeness (QED) is 0.792. The number of hydrogen-bond acceptors (Lipinski definition) is 4. The highest BCUT2D eigenvalue weighted by atomic mass is 79.9. The molecule has 0 saturated carbocycles. The number of ether oxygens (including phenoxy) is 2. The van der Waals surface area contributed by atoms with Crippen molar-refractivity contribution in [2.45, 2.75) is 0 Å². The standard InChI is InChI=1S/C17H17BrN2O4/c1-19-17(22)11-3-8-14(23-2)15(9-11)24-10-16(21)20-13-6-4-12(18)5-7-13/h3-9H,10H2,1-2H3,(H,19,22)(H,20,21). The van der Waals surface area contributed by atoms with Crippen molar-refractivity contribution in [2.24, 2.45) is 0 Å². The van der Waals surface area contributed by atoms with Gasteiger partial charge in [0.1, 0.15) is 0 Å². The van der Waals surface area contributed by atoms with Gasteiger partial charge < -0.3 is 20.1 Å². The Bertz CT molecular complexity index is 732. The molecule has 0 unspecified atom stereocenters. The fourth-order valence-electron chi connectivity index (χ4n) is 1.95. The third kappa shape index (κ3) is 4.73. The van der Waals surface area contributed by atoms with Crippen LogP contribution in [0.3, 0.4) is 0 Å². The maximum atomic E-state index is 12.0. The minimum atomic E-state index is -0.315. The monoisotopic (exact) mass is 392 g/mol. The van der Waals surface area contributed by atoms with E-state index in [1.165, 1.54) is 13.2 Å². The van der Waals surface area contributed by atoms with Crippen LogP contribution in [-0.4, -0.2) is 32.6 Å². The van der Waals surface area contributed by atoms with Crippen LogP contribution >= 0.6 is 15.9 Å². The Hall–Kier alpha value is -2.54. The van der Waals surface area contributed by atoms with E-state index in [9.17, 15) is 9.59 Å². The maximum Gasteiger partial charge on any atom is 0.262 e. The number of carbonyl (C=O) groups excluding carboxylic acids is 2. The number of nitrogens with one attached hydrogen (secondary N) is 2. The highest BCUT2D eigenvalue weighted by molar-refractivity contribution is 9.10. The molecular formula is C17H17BrN2O4. The molecule has 0 saturated heterocycles. The maximum absolute atomic E-state index is 12.0. The molecule has 0 atom stereocenters. The Labute approximate surface area is 148 Å². The molecule has 126 valence electrons. The van der Waals surface area contributed by atoms with Gasteiger partial charge in [0.25, 0.3) is 11.8 Å². The normalized spacial score (nSPS) is 9.96. The Kier molecular flexibility index (Phi) is 6.20. The molecule has 0 aromatic heterocycles. The van der Waals surface area contributed by atoms with Crippen molar-refractivity contribution in [2.75, 3.05) is 26.1 Å². The van der Waals surface area contributed by atoms with Gasteiger partial charge in [0.2, 0.25) is 0 Å². The predicted octanol–water partition coefficient (Wildman–Crippen LogP) is 2.83. The van der Waals surface area contributed by atoms with E-state index in [2.05, 4.69) is 26.6 Å². The predicted molar refractivity (Wildman–Crippen MR) is 94.7 cm³/mol. The number of amides is 2. The number of anilines is 1. The van der Waals surface area contributed by atoms with Gasteiger partial charge in [0.05, 0.1) is 7.11 Å². The lowest BCUT2D eigenvalue weighted by Crippen LogP contribution is -2.21. The smallest absolute Gasteiger partial charge is 0.262 e. The molecule has 0 bridgehead atoms. The first-order valence-electron chi connectivity index (χ1n) is 7.12. The van der Waals surface area contributed by atoms with Crippen molar-refractivity contribution < 1.29 is 19.1 Å². The van der Waals surface area contributed by atoms with Gasteiger partial charge >= 0.3 is 0 Å². The Morgan fingerprint density at radius 1 is 1.08 bits per heavy atom. The van der Waals surface area contributed by atoms with E-state index in [1.807, 2.05) is 12.1 Å². The molecule has 2 aromatic rings. The molecule has 0 spiro atoms. The molecule has 2 rings (SSSR count). The summed E-state index contributed by atoms with van der Waals surface area (Å²) in [5.41, 5.74) is 1.08. The third-order valence-corrected chi connectivity index (χ3v) is 3.67. The molecule has 6 nitrogen and oxygen atoms in total. The average molecular weight is 393 g/mol. The van der Waals surface area contributed by atoms with E-state index >= 15 is 0 Å². The molecule has 0 aliphatic carbocycles. The van der Waals surface area contributed by atoms with Gasteiger partial charge in [-0.25, -0.2) is 0 Å². The van der Waals surface area contributed by atoms with Crippen molar-refractivity contribution >= 4 is 33.4 Å². The van der Waals surface area contributed by atoms with E-state index in [4.69, 9.17) is 9.47 Å². The van der Waals surface area contributed by atoms with Gasteiger partial charge in [-0.05, 0) is 42.5 Å². The SMILES string of the molecule is CNC(=O)c1ccc(OC)c(OCC(=O)Nc2ccc(Br)cc2)c1. The summed E-state index contributed by atoms with van der Waals surface area (Å²) in [7, 11) is 3.03. The van der Waals surface area contributed by atoms with E-state index in [0.717, 1.165) is 4.47 Å². The van der Waals surface area contributed by atoms with Crippen LogP contribution < -0.4 is 20.1 Å². The van der Waals surface area contributed by atoms with Crippen LogP contribution in [0.15, 0.2) is 46.9 Å². The second kappa shape index (κ2) is 8.35. The zero-order valence-electron chi connectivity index (χ0n) is 13.3. The highest BCUT2D eigenvalue weighted by Crippen LogP contribution is 2.28. The second-order valence-corrected chi connectivity index (χ2v) is 5.70. The minimum Gasteiger partial charge on any atom is -0.493 e. The average Bonchev–Trinajstić information content (AvgIpc) is 2.61. The van der Waals surface area contributed by atoms with Crippen molar-refractivity contribution in [1.82, 2.24) is 5.32 Å². The first-order chi connectivity index (χ1) is 11.5. The summed E-state index contributed by atoms with van der Waals surface area (Å²) in [4.78, 5) is 23.7. The molecule has 0 aliphatic heterocycles. The second-order valence-electron chi connectivity index (χ2n) is 4.79. The summed E-state index contributed by atoms with van der Waals surface area (Å²) in [5.74, 6) is 0.204. The van der Waals surface area contributed by atoms with Gasteiger partial charge in [-0.3, -0.25) is 9.59 Å². The van der Waals surface area contributed by atoms with Crippen molar-refractivity contribution in [3.8, 4) is 11.5 Å². The van der Waals surface area contributed by atoms with Crippen molar-refractivity contribution in [1.29, 1.82) is 0 Å². The molecule has 0 fully saturated rings. The topological polar surface area (TPSA) is 76.7 Å². The van der Waals surface area contributed by atoms with Crippen LogP contribution in [0.2, 0.25) is 0 Å². The highest BCUT2D eigenvalue weighted by Gasteiger charge is 2.12. The van der Waals surface area contributed by atoms with Gasteiger partial charge in [-0.2, -0.15) is 0 Å². The van der Waals surface area contributed by atoms with Crippen molar-refractivity contribution in [3.05, 3.63) is 52.5 Å². The summed E-state index contributed by atoms with van der Waals surface area (Å²) >= 11 is 3.33.